The lowest BCUT2D eigenvalue weighted by molar-refractivity contribution is 0.496. The van der Waals surface area contributed by atoms with Gasteiger partial charge in [-0.15, -0.1) is 5.92 Å². The van der Waals surface area contributed by atoms with E-state index in [9.17, 15) is 9.59 Å². The minimum absolute atomic E-state index is 0.0402. The fourth-order valence-electron chi connectivity index (χ4n) is 4.63. The standard InChI is InChI=1S/C24H28N8O2/c1-4-5-11-31-20-21(27-23(31)29-10-6-7-17(25)13-29)28(3)24(34)32(22(20)33)15-18-14-30-12-16(2)8-9-19(30)26-18/h8-9,12,14,17H,6-7,10-11,13,15,25H2,1-3H3. The summed E-state index contributed by atoms with van der Waals surface area (Å²) in [6, 6.07) is 3.93. The third-order valence-electron chi connectivity index (χ3n) is 6.34. The number of rotatable bonds is 4. The molecule has 1 fully saturated rings. The van der Waals surface area contributed by atoms with Crippen molar-refractivity contribution in [1.29, 1.82) is 0 Å². The third-order valence-corrected chi connectivity index (χ3v) is 6.34. The van der Waals surface area contributed by atoms with Gasteiger partial charge < -0.3 is 15.0 Å². The Kier molecular flexibility index (Phi) is 5.49. The fraction of sp³-hybridized carbons (Fsp3) is 0.417. The lowest BCUT2D eigenvalue weighted by Crippen LogP contribution is -2.44. The number of hydrogen-bond acceptors (Lipinski definition) is 6. The summed E-state index contributed by atoms with van der Waals surface area (Å²) in [4.78, 5) is 38.3. The van der Waals surface area contributed by atoms with E-state index in [0.717, 1.165) is 30.6 Å². The first-order chi connectivity index (χ1) is 16.4. The van der Waals surface area contributed by atoms with Crippen molar-refractivity contribution in [2.75, 3.05) is 18.0 Å². The van der Waals surface area contributed by atoms with Gasteiger partial charge in [0.2, 0.25) is 5.95 Å². The fourth-order valence-corrected chi connectivity index (χ4v) is 4.63. The smallest absolute Gasteiger partial charge is 0.332 e. The van der Waals surface area contributed by atoms with Crippen LogP contribution in [0.25, 0.3) is 16.8 Å². The molecule has 0 radical (unpaired) electrons. The number of nitrogens with zero attached hydrogens (tertiary/aromatic N) is 7. The zero-order chi connectivity index (χ0) is 24.0. The molecule has 1 aliphatic heterocycles. The van der Waals surface area contributed by atoms with Gasteiger partial charge in [0.1, 0.15) is 5.65 Å². The molecule has 1 aliphatic rings. The second-order valence-corrected chi connectivity index (χ2v) is 8.88. The molecule has 0 aliphatic carbocycles. The molecule has 10 heteroatoms. The molecule has 1 saturated heterocycles. The maximum Gasteiger partial charge on any atom is 0.332 e. The molecular formula is C24H28N8O2. The van der Waals surface area contributed by atoms with Gasteiger partial charge in [0.15, 0.2) is 11.2 Å². The molecule has 5 heterocycles. The van der Waals surface area contributed by atoms with E-state index in [4.69, 9.17) is 10.7 Å². The van der Waals surface area contributed by atoms with Gasteiger partial charge in [0, 0.05) is 38.6 Å². The molecule has 10 nitrogen and oxygen atoms in total. The summed E-state index contributed by atoms with van der Waals surface area (Å²) in [6.45, 7) is 5.56. The topological polar surface area (TPSA) is 108 Å². The Morgan fingerprint density at radius 2 is 2.00 bits per heavy atom. The van der Waals surface area contributed by atoms with Crippen molar-refractivity contribution in [3.63, 3.8) is 0 Å². The molecule has 0 amide bonds. The molecule has 2 N–H and O–H groups in total. The molecule has 1 unspecified atom stereocenters. The number of aromatic nitrogens is 6. The number of hydrogen-bond donors (Lipinski definition) is 1. The lowest BCUT2D eigenvalue weighted by Gasteiger charge is -2.31. The van der Waals surface area contributed by atoms with Crippen LogP contribution in [0, 0.1) is 18.8 Å². The molecule has 4 aromatic heterocycles. The first-order valence-electron chi connectivity index (χ1n) is 11.4. The van der Waals surface area contributed by atoms with Crippen molar-refractivity contribution in [2.24, 2.45) is 12.8 Å². The zero-order valence-corrected chi connectivity index (χ0v) is 19.7. The van der Waals surface area contributed by atoms with E-state index in [2.05, 4.69) is 21.7 Å². The van der Waals surface area contributed by atoms with E-state index >= 15 is 0 Å². The highest BCUT2D eigenvalue weighted by atomic mass is 16.2. The van der Waals surface area contributed by atoms with E-state index in [1.54, 1.807) is 14.0 Å². The van der Waals surface area contributed by atoms with Crippen molar-refractivity contribution >= 4 is 22.8 Å². The summed E-state index contributed by atoms with van der Waals surface area (Å²) >= 11 is 0. The van der Waals surface area contributed by atoms with Gasteiger partial charge >= 0.3 is 5.69 Å². The van der Waals surface area contributed by atoms with Crippen molar-refractivity contribution in [2.45, 2.75) is 45.8 Å². The Morgan fingerprint density at radius 3 is 2.76 bits per heavy atom. The molecule has 0 bridgehead atoms. The van der Waals surface area contributed by atoms with Crippen LogP contribution in [0.5, 0.6) is 0 Å². The number of pyridine rings is 1. The summed E-state index contributed by atoms with van der Waals surface area (Å²) in [5, 5.41) is 0. The monoisotopic (exact) mass is 460 g/mol. The molecule has 0 aromatic carbocycles. The molecule has 34 heavy (non-hydrogen) atoms. The molecule has 0 saturated carbocycles. The van der Waals surface area contributed by atoms with Crippen LogP contribution in [-0.2, 0) is 20.1 Å². The van der Waals surface area contributed by atoms with Crippen molar-refractivity contribution in [3.05, 3.63) is 56.6 Å². The van der Waals surface area contributed by atoms with E-state index < -0.39 is 11.2 Å². The van der Waals surface area contributed by atoms with E-state index in [-0.39, 0.29) is 12.6 Å². The van der Waals surface area contributed by atoms with Crippen LogP contribution < -0.4 is 21.9 Å². The highest BCUT2D eigenvalue weighted by molar-refractivity contribution is 5.75. The minimum atomic E-state index is -0.432. The third kappa shape index (κ3) is 3.68. The van der Waals surface area contributed by atoms with Crippen LogP contribution in [-0.4, -0.2) is 47.2 Å². The predicted octanol–water partition coefficient (Wildman–Crippen LogP) is 0.852. The summed E-state index contributed by atoms with van der Waals surface area (Å²) in [6.07, 6.45) is 5.71. The van der Waals surface area contributed by atoms with Crippen LogP contribution in [0.4, 0.5) is 5.95 Å². The van der Waals surface area contributed by atoms with Crippen LogP contribution in [0.2, 0.25) is 0 Å². The van der Waals surface area contributed by atoms with Crippen LogP contribution in [0.1, 0.15) is 31.0 Å². The number of fused-ring (bicyclic) bond motifs is 2. The highest BCUT2D eigenvalue weighted by Gasteiger charge is 2.26. The second kappa shape index (κ2) is 8.50. The first-order valence-corrected chi connectivity index (χ1v) is 11.4. The average Bonchev–Trinajstić information content (AvgIpc) is 3.40. The number of nitrogens with two attached hydrogens (primary N) is 1. The van der Waals surface area contributed by atoms with E-state index in [0.29, 0.717) is 35.9 Å². The summed E-state index contributed by atoms with van der Waals surface area (Å²) < 4.78 is 6.37. The molecule has 1 atom stereocenters. The van der Waals surface area contributed by atoms with Gasteiger partial charge in [-0.2, -0.15) is 4.98 Å². The van der Waals surface area contributed by atoms with Crippen molar-refractivity contribution < 1.29 is 0 Å². The van der Waals surface area contributed by atoms with Crippen molar-refractivity contribution in [3.8, 4) is 11.8 Å². The summed E-state index contributed by atoms with van der Waals surface area (Å²) in [7, 11) is 1.64. The molecule has 4 aromatic rings. The van der Waals surface area contributed by atoms with Gasteiger partial charge in [0.05, 0.1) is 18.8 Å². The Balaban J connectivity index is 1.67. The Hall–Kier alpha value is -3.84. The second-order valence-electron chi connectivity index (χ2n) is 8.88. The van der Waals surface area contributed by atoms with Gasteiger partial charge in [-0.25, -0.2) is 9.78 Å². The zero-order valence-electron chi connectivity index (χ0n) is 19.7. The first kappa shape index (κ1) is 22.0. The quantitative estimate of drug-likeness (QED) is 0.453. The molecule has 0 spiro atoms. The lowest BCUT2D eigenvalue weighted by atomic mass is 10.1. The molecule has 5 rings (SSSR count). The average molecular weight is 461 g/mol. The predicted molar refractivity (Wildman–Crippen MR) is 131 cm³/mol. The number of piperidine rings is 1. The Bertz CT molecular complexity index is 1580. The highest BCUT2D eigenvalue weighted by Crippen LogP contribution is 2.23. The maximum atomic E-state index is 13.7. The minimum Gasteiger partial charge on any atom is -0.341 e. The van der Waals surface area contributed by atoms with Gasteiger partial charge in [-0.05, 0) is 38.3 Å². The Labute approximate surface area is 196 Å². The summed E-state index contributed by atoms with van der Waals surface area (Å²) in [5.41, 5.74) is 8.57. The van der Waals surface area contributed by atoms with Crippen molar-refractivity contribution in [1.82, 2.24) is 28.1 Å². The molecule has 176 valence electrons. The SMILES string of the molecule is CC#CCn1c(N2CCCC(N)C2)nc2c1c(=O)n(Cc1cn3cc(C)ccc3n1)c(=O)n2C. The maximum absolute atomic E-state index is 13.7. The number of aryl methyl sites for hydroxylation is 2. The summed E-state index contributed by atoms with van der Waals surface area (Å²) in [5.74, 6) is 6.57. The van der Waals surface area contributed by atoms with E-state index in [1.165, 1.54) is 9.13 Å². The van der Waals surface area contributed by atoms with E-state index in [1.807, 2.05) is 40.4 Å². The van der Waals surface area contributed by atoms with Crippen LogP contribution in [0.3, 0.4) is 0 Å². The molecular weight excluding hydrogens is 432 g/mol. The largest absolute Gasteiger partial charge is 0.341 e. The Morgan fingerprint density at radius 1 is 1.18 bits per heavy atom. The van der Waals surface area contributed by atoms with Gasteiger partial charge in [-0.1, -0.05) is 12.0 Å². The van der Waals surface area contributed by atoms with Gasteiger partial charge in [0.25, 0.3) is 5.56 Å². The van der Waals surface area contributed by atoms with Crippen LogP contribution in [0.15, 0.2) is 34.1 Å². The normalized spacial score (nSPS) is 16.2. The number of imidazole rings is 2. The van der Waals surface area contributed by atoms with Gasteiger partial charge in [-0.3, -0.25) is 18.5 Å². The van der Waals surface area contributed by atoms with Crippen LogP contribution >= 0.6 is 0 Å². The number of anilines is 1.